The second-order valence-corrected chi connectivity index (χ2v) is 4.25. The number of carbonyl (C=O) groups is 1. The molecule has 2 heterocycles. The van der Waals surface area contributed by atoms with Crippen LogP contribution in [0, 0.1) is 0 Å². The molecule has 7 nitrogen and oxygen atoms in total. The van der Waals surface area contributed by atoms with Crippen molar-refractivity contribution in [3.63, 3.8) is 0 Å². The first-order chi connectivity index (χ1) is 9.22. The number of aromatic nitrogens is 4. The zero-order valence-electron chi connectivity index (χ0n) is 11.2. The third-order valence-electron chi connectivity index (χ3n) is 2.75. The number of anilines is 1. The summed E-state index contributed by atoms with van der Waals surface area (Å²) >= 11 is 0. The summed E-state index contributed by atoms with van der Waals surface area (Å²) in [4.78, 5) is 19.8. The highest BCUT2D eigenvalue weighted by atomic mass is 16.1. The fourth-order valence-corrected chi connectivity index (χ4v) is 1.75. The molecule has 2 aromatic rings. The minimum Gasteiger partial charge on any atom is -0.369 e. The number of aryl methyl sites for hydroxylation is 1. The number of fused-ring (bicyclic) bond motifs is 1. The van der Waals surface area contributed by atoms with E-state index in [0.717, 1.165) is 24.0 Å². The lowest BCUT2D eigenvalue weighted by molar-refractivity contribution is -0.120. The Morgan fingerprint density at radius 1 is 1.37 bits per heavy atom. The maximum Gasteiger partial charge on any atom is 0.221 e. The fourth-order valence-electron chi connectivity index (χ4n) is 1.75. The smallest absolute Gasteiger partial charge is 0.221 e. The van der Waals surface area contributed by atoms with Gasteiger partial charge in [0, 0.05) is 26.6 Å². The molecule has 1 amide bonds. The Bertz CT molecular complexity index is 564. The first kappa shape index (κ1) is 13.3. The van der Waals surface area contributed by atoms with Crippen LogP contribution in [0.4, 0.5) is 5.82 Å². The van der Waals surface area contributed by atoms with Gasteiger partial charge in [-0.2, -0.15) is 5.10 Å². The number of rotatable bonds is 6. The SMILES string of the molecule is CCCNC(=O)CCNc1ncnc2c1cnn2C. The second kappa shape index (κ2) is 6.12. The van der Waals surface area contributed by atoms with Gasteiger partial charge in [-0.25, -0.2) is 9.97 Å². The highest BCUT2D eigenvalue weighted by molar-refractivity contribution is 5.86. The molecular formula is C12H18N6O. The van der Waals surface area contributed by atoms with Crippen LogP contribution >= 0.6 is 0 Å². The summed E-state index contributed by atoms with van der Waals surface area (Å²) in [6, 6.07) is 0. The Labute approximate surface area is 111 Å². The molecule has 0 fully saturated rings. The van der Waals surface area contributed by atoms with E-state index in [1.165, 1.54) is 6.33 Å². The summed E-state index contributed by atoms with van der Waals surface area (Å²) in [6.45, 7) is 3.29. The third-order valence-corrected chi connectivity index (χ3v) is 2.75. The van der Waals surface area contributed by atoms with E-state index in [1.807, 2.05) is 14.0 Å². The number of hydrogen-bond donors (Lipinski definition) is 2. The summed E-state index contributed by atoms with van der Waals surface area (Å²) < 4.78 is 1.69. The topological polar surface area (TPSA) is 84.7 Å². The average molecular weight is 262 g/mol. The average Bonchev–Trinajstić information content (AvgIpc) is 2.79. The molecule has 2 aromatic heterocycles. The molecule has 0 atom stereocenters. The van der Waals surface area contributed by atoms with E-state index in [2.05, 4.69) is 25.7 Å². The molecule has 0 aliphatic rings. The Balaban J connectivity index is 1.93. The van der Waals surface area contributed by atoms with E-state index in [-0.39, 0.29) is 5.91 Å². The molecule has 0 aliphatic heterocycles. The fraction of sp³-hybridized carbons (Fsp3) is 0.500. The second-order valence-electron chi connectivity index (χ2n) is 4.25. The summed E-state index contributed by atoms with van der Waals surface area (Å²) in [7, 11) is 1.83. The molecule has 2 N–H and O–H groups in total. The molecule has 7 heteroatoms. The number of nitrogens with one attached hydrogen (secondary N) is 2. The molecule has 102 valence electrons. The van der Waals surface area contributed by atoms with E-state index >= 15 is 0 Å². The van der Waals surface area contributed by atoms with Crippen molar-refractivity contribution in [2.45, 2.75) is 19.8 Å². The van der Waals surface area contributed by atoms with Crippen molar-refractivity contribution in [1.82, 2.24) is 25.1 Å². The van der Waals surface area contributed by atoms with Crippen LogP contribution in [0.3, 0.4) is 0 Å². The molecule has 0 spiro atoms. The molecular weight excluding hydrogens is 244 g/mol. The van der Waals surface area contributed by atoms with Gasteiger partial charge in [0.05, 0.1) is 11.6 Å². The lowest BCUT2D eigenvalue weighted by Crippen LogP contribution is -2.26. The van der Waals surface area contributed by atoms with Crippen LogP contribution in [0.15, 0.2) is 12.5 Å². The summed E-state index contributed by atoms with van der Waals surface area (Å²) in [5, 5.41) is 11.0. The highest BCUT2D eigenvalue weighted by Crippen LogP contribution is 2.17. The Morgan fingerprint density at radius 2 is 2.21 bits per heavy atom. The van der Waals surface area contributed by atoms with Gasteiger partial charge in [-0.05, 0) is 6.42 Å². The lowest BCUT2D eigenvalue weighted by atomic mass is 10.3. The van der Waals surface area contributed by atoms with Gasteiger partial charge in [0.1, 0.15) is 12.1 Å². The Kier molecular flexibility index (Phi) is 4.27. The normalized spacial score (nSPS) is 10.6. The molecule has 0 bridgehead atoms. The number of amides is 1. The minimum absolute atomic E-state index is 0.0471. The van der Waals surface area contributed by atoms with Crippen molar-refractivity contribution in [1.29, 1.82) is 0 Å². The maximum atomic E-state index is 11.5. The van der Waals surface area contributed by atoms with Crippen LogP contribution < -0.4 is 10.6 Å². The van der Waals surface area contributed by atoms with Crippen LogP contribution in [0.5, 0.6) is 0 Å². The van der Waals surface area contributed by atoms with Crippen LogP contribution in [0.25, 0.3) is 11.0 Å². The predicted molar refractivity (Wildman–Crippen MR) is 72.7 cm³/mol. The van der Waals surface area contributed by atoms with Crippen molar-refractivity contribution in [2.75, 3.05) is 18.4 Å². The monoisotopic (exact) mass is 262 g/mol. The summed E-state index contributed by atoms with van der Waals surface area (Å²) in [5.74, 6) is 0.757. The van der Waals surface area contributed by atoms with Crippen LogP contribution in [0.2, 0.25) is 0 Å². The lowest BCUT2D eigenvalue weighted by Gasteiger charge is -2.06. The van der Waals surface area contributed by atoms with Crippen molar-refractivity contribution in [3.8, 4) is 0 Å². The van der Waals surface area contributed by atoms with Gasteiger partial charge in [0.2, 0.25) is 5.91 Å². The van der Waals surface area contributed by atoms with Gasteiger partial charge < -0.3 is 10.6 Å². The zero-order valence-corrected chi connectivity index (χ0v) is 11.2. The van der Waals surface area contributed by atoms with Crippen molar-refractivity contribution >= 4 is 22.8 Å². The third kappa shape index (κ3) is 3.18. The van der Waals surface area contributed by atoms with Gasteiger partial charge >= 0.3 is 0 Å². The number of nitrogens with zero attached hydrogens (tertiary/aromatic N) is 4. The molecule has 2 rings (SSSR count). The van der Waals surface area contributed by atoms with Crippen LogP contribution in [-0.4, -0.2) is 38.7 Å². The van der Waals surface area contributed by atoms with Crippen molar-refractivity contribution < 1.29 is 4.79 Å². The van der Waals surface area contributed by atoms with Gasteiger partial charge in [0.15, 0.2) is 5.65 Å². The van der Waals surface area contributed by atoms with E-state index < -0.39 is 0 Å². The molecule has 0 aromatic carbocycles. The quantitative estimate of drug-likeness (QED) is 0.800. The van der Waals surface area contributed by atoms with E-state index in [4.69, 9.17) is 0 Å². The van der Waals surface area contributed by atoms with Gasteiger partial charge in [0.25, 0.3) is 0 Å². The van der Waals surface area contributed by atoms with Gasteiger partial charge in [-0.3, -0.25) is 9.48 Å². The predicted octanol–water partition coefficient (Wildman–Crippen LogP) is 0.691. The van der Waals surface area contributed by atoms with Crippen LogP contribution in [-0.2, 0) is 11.8 Å². The number of carbonyl (C=O) groups excluding carboxylic acids is 1. The molecule has 0 saturated carbocycles. The van der Waals surface area contributed by atoms with Crippen LogP contribution in [0.1, 0.15) is 19.8 Å². The number of hydrogen-bond acceptors (Lipinski definition) is 5. The standard InChI is InChI=1S/C12H18N6O/c1-3-5-13-10(19)4-6-14-11-9-7-17-18(2)12(9)16-8-15-11/h7-8H,3-6H2,1-2H3,(H,13,19)(H,14,15,16). The molecule has 0 unspecified atom stereocenters. The zero-order chi connectivity index (χ0) is 13.7. The van der Waals surface area contributed by atoms with Gasteiger partial charge in [-0.15, -0.1) is 0 Å². The first-order valence-corrected chi connectivity index (χ1v) is 6.35. The van der Waals surface area contributed by atoms with E-state index in [9.17, 15) is 4.79 Å². The first-order valence-electron chi connectivity index (χ1n) is 6.35. The maximum absolute atomic E-state index is 11.5. The molecule has 19 heavy (non-hydrogen) atoms. The molecule has 0 saturated heterocycles. The minimum atomic E-state index is 0.0471. The van der Waals surface area contributed by atoms with Gasteiger partial charge in [-0.1, -0.05) is 6.92 Å². The summed E-state index contributed by atoms with van der Waals surface area (Å²) in [5.41, 5.74) is 0.771. The Morgan fingerprint density at radius 3 is 3.00 bits per heavy atom. The largest absolute Gasteiger partial charge is 0.369 e. The molecule has 0 radical (unpaired) electrons. The molecule has 0 aliphatic carbocycles. The highest BCUT2D eigenvalue weighted by Gasteiger charge is 2.07. The van der Waals surface area contributed by atoms with E-state index in [1.54, 1.807) is 10.9 Å². The van der Waals surface area contributed by atoms with E-state index in [0.29, 0.717) is 18.8 Å². The Hall–Kier alpha value is -2.18. The summed E-state index contributed by atoms with van der Waals surface area (Å²) in [6.07, 6.45) is 4.57. The van der Waals surface area contributed by atoms with Crippen molar-refractivity contribution in [2.24, 2.45) is 7.05 Å². The van der Waals surface area contributed by atoms with Crippen molar-refractivity contribution in [3.05, 3.63) is 12.5 Å².